The number of carbonyl (C=O) groups excluding carboxylic acids is 1. The van der Waals surface area contributed by atoms with Gasteiger partial charge < -0.3 is 19.3 Å². The van der Waals surface area contributed by atoms with Gasteiger partial charge in [0.15, 0.2) is 23.0 Å². The van der Waals surface area contributed by atoms with Crippen molar-refractivity contribution in [1.82, 2.24) is 15.5 Å². The summed E-state index contributed by atoms with van der Waals surface area (Å²) >= 11 is 5.93. The predicted octanol–water partition coefficient (Wildman–Crippen LogP) is 3.67. The minimum Gasteiger partial charge on any atom is -0.493 e. The Hall–Kier alpha value is -3.06. The van der Waals surface area contributed by atoms with Crippen LogP contribution in [0.25, 0.3) is 0 Å². The molecule has 7 nitrogen and oxygen atoms in total. The molecule has 0 aliphatic heterocycles. The zero-order valence-corrected chi connectivity index (χ0v) is 16.3. The first-order valence-electron chi connectivity index (χ1n) is 8.67. The molecule has 0 spiro atoms. The monoisotopic (exact) mass is 401 g/mol. The molecule has 0 aliphatic carbocycles. The van der Waals surface area contributed by atoms with Crippen LogP contribution in [0.4, 0.5) is 0 Å². The molecule has 8 heteroatoms. The summed E-state index contributed by atoms with van der Waals surface area (Å²) in [6.45, 7) is 2.02. The molecule has 146 valence electrons. The summed E-state index contributed by atoms with van der Waals surface area (Å²) in [5.74, 6) is 1.13. The van der Waals surface area contributed by atoms with Gasteiger partial charge in [-0.05, 0) is 37.1 Å². The lowest BCUT2D eigenvalue weighted by Gasteiger charge is -2.12. The summed E-state index contributed by atoms with van der Waals surface area (Å²) in [6.07, 6.45) is 4.16. The van der Waals surface area contributed by atoms with E-state index in [9.17, 15) is 4.79 Å². The normalized spacial score (nSPS) is 11.7. The molecule has 0 bridgehead atoms. The van der Waals surface area contributed by atoms with Crippen LogP contribution in [0.15, 0.2) is 53.3 Å². The first kappa shape index (κ1) is 19.7. The second kappa shape index (κ2) is 9.23. The van der Waals surface area contributed by atoms with Crippen LogP contribution < -0.4 is 14.8 Å². The fourth-order valence-electron chi connectivity index (χ4n) is 2.62. The van der Waals surface area contributed by atoms with Crippen molar-refractivity contribution in [3.05, 3.63) is 70.8 Å². The SMILES string of the molecule is COc1cc(Cl)ccc1OCc1cc(C(=O)N[C@@H](C)Cc2cccnc2)no1. The minimum atomic E-state index is -0.310. The van der Waals surface area contributed by atoms with Crippen molar-refractivity contribution in [3.8, 4) is 11.5 Å². The first-order valence-corrected chi connectivity index (χ1v) is 9.04. The number of benzene rings is 1. The second-order valence-corrected chi connectivity index (χ2v) is 6.64. The summed E-state index contributed by atoms with van der Waals surface area (Å²) in [5, 5.41) is 7.25. The molecule has 0 radical (unpaired) electrons. The smallest absolute Gasteiger partial charge is 0.273 e. The van der Waals surface area contributed by atoms with Gasteiger partial charge in [0.2, 0.25) is 0 Å². The van der Waals surface area contributed by atoms with Gasteiger partial charge in [0.05, 0.1) is 7.11 Å². The Bertz CT molecular complexity index is 930. The molecule has 2 aromatic heterocycles. The Balaban J connectivity index is 1.55. The molecule has 0 saturated heterocycles. The topological polar surface area (TPSA) is 86.5 Å². The fourth-order valence-corrected chi connectivity index (χ4v) is 2.78. The largest absolute Gasteiger partial charge is 0.493 e. The van der Waals surface area contributed by atoms with Gasteiger partial charge in [-0.15, -0.1) is 0 Å². The molecule has 28 heavy (non-hydrogen) atoms. The molecular weight excluding hydrogens is 382 g/mol. The number of hydrogen-bond acceptors (Lipinski definition) is 6. The van der Waals surface area contributed by atoms with Gasteiger partial charge in [-0.2, -0.15) is 0 Å². The number of aromatic nitrogens is 2. The number of hydrogen-bond donors (Lipinski definition) is 1. The molecule has 1 atom stereocenters. The maximum absolute atomic E-state index is 12.3. The highest BCUT2D eigenvalue weighted by Crippen LogP contribution is 2.30. The lowest BCUT2D eigenvalue weighted by Crippen LogP contribution is -2.34. The maximum atomic E-state index is 12.3. The van der Waals surface area contributed by atoms with Crippen LogP contribution in [-0.4, -0.2) is 29.2 Å². The van der Waals surface area contributed by atoms with Crippen LogP contribution in [-0.2, 0) is 13.0 Å². The Kier molecular flexibility index (Phi) is 6.49. The molecule has 3 rings (SSSR count). The molecule has 1 N–H and O–H groups in total. The molecule has 1 aromatic carbocycles. The summed E-state index contributed by atoms with van der Waals surface area (Å²) in [4.78, 5) is 16.4. The van der Waals surface area contributed by atoms with Crippen LogP contribution >= 0.6 is 11.6 Å². The number of nitrogens with one attached hydrogen (secondary N) is 1. The van der Waals surface area contributed by atoms with E-state index in [0.29, 0.717) is 28.7 Å². The quantitative estimate of drug-likeness (QED) is 0.619. The van der Waals surface area contributed by atoms with Gasteiger partial charge in [0.1, 0.15) is 6.61 Å². The number of ether oxygens (including phenoxy) is 2. The van der Waals surface area contributed by atoms with Crippen molar-refractivity contribution < 1.29 is 18.8 Å². The zero-order chi connectivity index (χ0) is 19.9. The van der Waals surface area contributed by atoms with Crippen molar-refractivity contribution in [1.29, 1.82) is 0 Å². The van der Waals surface area contributed by atoms with E-state index in [1.807, 2.05) is 19.1 Å². The van der Waals surface area contributed by atoms with Gasteiger partial charge >= 0.3 is 0 Å². The van der Waals surface area contributed by atoms with E-state index >= 15 is 0 Å². The minimum absolute atomic E-state index is 0.0774. The molecule has 0 saturated carbocycles. The number of pyridine rings is 1. The molecule has 3 aromatic rings. The third kappa shape index (κ3) is 5.23. The van der Waals surface area contributed by atoms with Crippen molar-refractivity contribution >= 4 is 17.5 Å². The molecule has 0 fully saturated rings. The Morgan fingerprint density at radius 3 is 2.89 bits per heavy atom. The van der Waals surface area contributed by atoms with E-state index in [0.717, 1.165) is 5.56 Å². The highest BCUT2D eigenvalue weighted by molar-refractivity contribution is 6.30. The summed E-state index contributed by atoms with van der Waals surface area (Å²) < 4.78 is 16.1. The van der Waals surface area contributed by atoms with Crippen molar-refractivity contribution in [3.63, 3.8) is 0 Å². The average molecular weight is 402 g/mol. The summed E-state index contributed by atoms with van der Waals surface area (Å²) in [7, 11) is 1.53. The van der Waals surface area contributed by atoms with Crippen molar-refractivity contribution in [2.24, 2.45) is 0 Å². The highest BCUT2D eigenvalue weighted by atomic mass is 35.5. The number of methoxy groups -OCH3 is 1. The third-order valence-corrected chi connectivity index (χ3v) is 4.16. The van der Waals surface area contributed by atoms with Crippen molar-refractivity contribution in [2.75, 3.05) is 7.11 Å². The number of halogens is 1. The zero-order valence-electron chi connectivity index (χ0n) is 15.5. The summed E-state index contributed by atoms with van der Waals surface area (Å²) in [5.41, 5.74) is 1.24. The van der Waals surface area contributed by atoms with Crippen LogP contribution in [0.1, 0.15) is 28.7 Å². The standard InChI is InChI=1S/C20H20ClN3O4/c1-13(8-14-4-3-7-22-11-14)23-20(25)17-10-16(28-24-17)12-27-18-6-5-15(21)9-19(18)26-2/h3-7,9-11,13H,8,12H2,1-2H3,(H,23,25)/t13-/m0/s1. The van der Waals surface area contributed by atoms with Gasteiger partial charge in [0.25, 0.3) is 5.91 Å². The number of amides is 1. The fraction of sp³-hybridized carbons (Fsp3) is 0.250. The Labute approximate surface area is 167 Å². The first-order chi connectivity index (χ1) is 13.5. The number of carbonyl (C=O) groups is 1. The Morgan fingerprint density at radius 1 is 1.29 bits per heavy atom. The van der Waals surface area contributed by atoms with E-state index < -0.39 is 0 Å². The summed E-state index contributed by atoms with van der Waals surface area (Å²) in [6, 6.07) is 10.4. The average Bonchev–Trinajstić information content (AvgIpc) is 3.17. The van der Waals surface area contributed by atoms with Gasteiger partial charge in [-0.1, -0.05) is 22.8 Å². The third-order valence-electron chi connectivity index (χ3n) is 3.93. The molecule has 1 amide bonds. The van der Waals surface area contributed by atoms with E-state index in [1.54, 1.807) is 36.7 Å². The lowest BCUT2D eigenvalue weighted by molar-refractivity contribution is 0.0930. The maximum Gasteiger partial charge on any atom is 0.273 e. The van der Waals surface area contributed by atoms with E-state index in [1.165, 1.54) is 7.11 Å². The predicted molar refractivity (Wildman–Crippen MR) is 104 cm³/mol. The lowest BCUT2D eigenvalue weighted by atomic mass is 10.1. The molecule has 2 heterocycles. The van der Waals surface area contributed by atoms with E-state index in [-0.39, 0.29) is 24.2 Å². The van der Waals surface area contributed by atoms with E-state index in [2.05, 4.69) is 15.5 Å². The number of rotatable bonds is 8. The van der Waals surface area contributed by atoms with E-state index in [4.69, 9.17) is 25.6 Å². The molecule has 0 unspecified atom stereocenters. The highest BCUT2D eigenvalue weighted by Gasteiger charge is 2.16. The van der Waals surface area contributed by atoms with Gasteiger partial charge in [-0.3, -0.25) is 9.78 Å². The van der Waals surface area contributed by atoms with Crippen LogP contribution in [0.2, 0.25) is 5.02 Å². The van der Waals surface area contributed by atoms with Crippen LogP contribution in [0.3, 0.4) is 0 Å². The van der Waals surface area contributed by atoms with Gasteiger partial charge in [-0.25, -0.2) is 0 Å². The van der Waals surface area contributed by atoms with Crippen molar-refractivity contribution in [2.45, 2.75) is 26.0 Å². The van der Waals surface area contributed by atoms with Gasteiger partial charge in [0, 0.05) is 35.6 Å². The van der Waals surface area contributed by atoms with Crippen LogP contribution in [0.5, 0.6) is 11.5 Å². The number of nitrogens with zero attached hydrogens (tertiary/aromatic N) is 2. The molecule has 0 aliphatic rings. The van der Waals surface area contributed by atoms with Crippen LogP contribution in [0, 0.1) is 0 Å². The second-order valence-electron chi connectivity index (χ2n) is 6.20. The molecular formula is C20H20ClN3O4. The Morgan fingerprint density at radius 2 is 2.14 bits per heavy atom.